The molecule has 0 bridgehead atoms. The van der Waals surface area contributed by atoms with E-state index in [0.717, 1.165) is 31.9 Å². The summed E-state index contributed by atoms with van der Waals surface area (Å²) < 4.78 is 5.11. The molecule has 0 radical (unpaired) electrons. The zero-order valence-electron chi connectivity index (χ0n) is 17.5. The number of amides is 1. The van der Waals surface area contributed by atoms with Gasteiger partial charge < -0.3 is 4.52 Å². The van der Waals surface area contributed by atoms with Crippen LogP contribution in [0.3, 0.4) is 0 Å². The molecule has 1 atom stereocenters. The van der Waals surface area contributed by atoms with Crippen molar-refractivity contribution in [1.29, 1.82) is 0 Å². The lowest BCUT2D eigenvalue weighted by Gasteiger charge is -2.41. The number of hydrogen-bond donors (Lipinski definition) is 1. The first-order valence-corrected chi connectivity index (χ1v) is 10.4. The van der Waals surface area contributed by atoms with E-state index < -0.39 is 0 Å². The molecule has 1 N–H and O–H groups in total. The Bertz CT molecular complexity index is 910. The van der Waals surface area contributed by atoms with Gasteiger partial charge in [0.15, 0.2) is 0 Å². The molecule has 1 aliphatic rings. The van der Waals surface area contributed by atoms with E-state index in [-0.39, 0.29) is 18.0 Å². The van der Waals surface area contributed by atoms with Gasteiger partial charge in [-0.15, -0.1) is 0 Å². The molecule has 2 heterocycles. The van der Waals surface area contributed by atoms with Gasteiger partial charge in [0.1, 0.15) is 0 Å². The third-order valence-corrected chi connectivity index (χ3v) is 5.75. The minimum absolute atomic E-state index is 0.0673. The van der Waals surface area contributed by atoms with Crippen LogP contribution in [-0.2, 0) is 4.79 Å². The quantitative estimate of drug-likeness (QED) is 0.679. The molecule has 1 unspecified atom stereocenters. The number of aromatic nitrogens is 1. The molecule has 3 aromatic rings. The Morgan fingerprint density at radius 1 is 0.933 bits per heavy atom. The Kier molecular flexibility index (Phi) is 6.26. The average Bonchev–Trinajstić information content (AvgIpc) is 3.20. The van der Waals surface area contributed by atoms with Gasteiger partial charge in [-0.05, 0) is 25.0 Å². The van der Waals surface area contributed by atoms with Gasteiger partial charge >= 0.3 is 0 Å². The first kappa shape index (κ1) is 20.3. The Morgan fingerprint density at radius 2 is 1.47 bits per heavy atom. The number of carbonyl (C=O) groups is 1. The summed E-state index contributed by atoms with van der Waals surface area (Å²) in [6, 6.07) is 23.0. The molecule has 0 saturated carbocycles. The van der Waals surface area contributed by atoms with Crippen LogP contribution in [0.2, 0.25) is 0 Å². The van der Waals surface area contributed by atoms with E-state index in [2.05, 4.69) is 80.9 Å². The fourth-order valence-electron chi connectivity index (χ4n) is 4.08. The van der Waals surface area contributed by atoms with Crippen molar-refractivity contribution in [3.8, 4) is 0 Å². The highest BCUT2D eigenvalue weighted by atomic mass is 16.5. The fourth-order valence-corrected chi connectivity index (χ4v) is 4.08. The number of carbonyl (C=O) groups excluding carboxylic acids is 1. The first-order valence-electron chi connectivity index (χ1n) is 10.4. The summed E-state index contributed by atoms with van der Waals surface area (Å²) >= 11 is 0. The van der Waals surface area contributed by atoms with Crippen molar-refractivity contribution >= 4 is 11.8 Å². The van der Waals surface area contributed by atoms with E-state index in [9.17, 15) is 4.79 Å². The van der Waals surface area contributed by atoms with Crippen LogP contribution in [-0.4, -0.2) is 53.1 Å². The SMILES string of the molecule is Cc1cc(NC(=O)C(C)N2CCN(C(c3ccccc3)c3ccccc3)CC2)on1. The zero-order valence-corrected chi connectivity index (χ0v) is 17.5. The van der Waals surface area contributed by atoms with Gasteiger partial charge in [0.05, 0.1) is 17.8 Å². The minimum Gasteiger partial charge on any atom is -0.338 e. The van der Waals surface area contributed by atoms with E-state index in [4.69, 9.17) is 4.52 Å². The second-order valence-corrected chi connectivity index (χ2v) is 7.79. The summed E-state index contributed by atoms with van der Waals surface area (Å²) in [4.78, 5) is 17.4. The Balaban J connectivity index is 1.42. The number of nitrogens with zero attached hydrogens (tertiary/aromatic N) is 3. The number of benzene rings is 2. The molecule has 156 valence electrons. The lowest BCUT2D eigenvalue weighted by Crippen LogP contribution is -2.53. The number of piperazine rings is 1. The predicted molar refractivity (Wildman–Crippen MR) is 117 cm³/mol. The summed E-state index contributed by atoms with van der Waals surface area (Å²) in [5.74, 6) is 0.332. The molecule has 30 heavy (non-hydrogen) atoms. The second-order valence-electron chi connectivity index (χ2n) is 7.79. The van der Waals surface area contributed by atoms with Crippen molar-refractivity contribution in [2.24, 2.45) is 0 Å². The predicted octanol–water partition coefficient (Wildman–Crippen LogP) is 3.72. The van der Waals surface area contributed by atoms with Crippen molar-refractivity contribution < 1.29 is 9.32 Å². The number of nitrogens with one attached hydrogen (secondary N) is 1. The molecular weight excluding hydrogens is 376 g/mol. The lowest BCUT2D eigenvalue weighted by molar-refractivity contribution is -0.121. The highest BCUT2D eigenvalue weighted by molar-refractivity contribution is 5.93. The maximum Gasteiger partial charge on any atom is 0.243 e. The van der Waals surface area contributed by atoms with Gasteiger partial charge in [0, 0.05) is 32.2 Å². The Morgan fingerprint density at radius 3 is 1.97 bits per heavy atom. The van der Waals surface area contributed by atoms with Crippen LogP contribution in [0.25, 0.3) is 0 Å². The van der Waals surface area contributed by atoms with E-state index in [1.807, 2.05) is 13.8 Å². The second kappa shape index (κ2) is 9.24. The number of aryl methyl sites for hydroxylation is 1. The van der Waals surface area contributed by atoms with E-state index >= 15 is 0 Å². The largest absolute Gasteiger partial charge is 0.338 e. The van der Waals surface area contributed by atoms with Crippen LogP contribution in [0.4, 0.5) is 5.88 Å². The summed E-state index contributed by atoms with van der Waals surface area (Å²) in [5.41, 5.74) is 3.34. The first-order chi connectivity index (χ1) is 14.6. The summed E-state index contributed by atoms with van der Waals surface area (Å²) in [6.07, 6.45) is 0. The molecule has 6 nitrogen and oxygen atoms in total. The van der Waals surface area contributed by atoms with Gasteiger partial charge in [-0.25, -0.2) is 0 Å². The molecule has 1 aromatic heterocycles. The van der Waals surface area contributed by atoms with Gasteiger partial charge in [-0.1, -0.05) is 65.8 Å². The minimum atomic E-state index is -0.232. The maximum absolute atomic E-state index is 12.6. The molecule has 2 aromatic carbocycles. The molecule has 0 spiro atoms. The average molecular weight is 405 g/mol. The molecule has 6 heteroatoms. The molecule has 1 amide bonds. The normalized spacial score (nSPS) is 16.5. The van der Waals surface area contributed by atoms with Crippen LogP contribution >= 0.6 is 0 Å². The smallest absolute Gasteiger partial charge is 0.243 e. The Labute approximate surface area is 177 Å². The molecule has 4 rings (SSSR count). The highest BCUT2D eigenvalue weighted by Crippen LogP contribution is 2.29. The lowest BCUT2D eigenvalue weighted by atomic mass is 9.96. The van der Waals surface area contributed by atoms with Crippen molar-refractivity contribution in [3.63, 3.8) is 0 Å². The van der Waals surface area contributed by atoms with Crippen LogP contribution in [0.1, 0.15) is 29.8 Å². The number of hydrogen-bond acceptors (Lipinski definition) is 5. The van der Waals surface area contributed by atoms with Gasteiger partial charge in [-0.3, -0.25) is 19.9 Å². The Hall–Kier alpha value is -2.96. The molecule has 1 aliphatic heterocycles. The van der Waals surface area contributed by atoms with Crippen LogP contribution in [0.5, 0.6) is 0 Å². The van der Waals surface area contributed by atoms with Crippen LogP contribution < -0.4 is 5.32 Å². The van der Waals surface area contributed by atoms with E-state index in [1.54, 1.807) is 6.07 Å². The maximum atomic E-state index is 12.6. The number of anilines is 1. The monoisotopic (exact) mass is 404 g/mol. The molecular formula is C24H28N4O2. The molecule has 1 saturated heterocycles. The summed E-state index contributed by atoms with van der Waals surface area (Å²) in [6.45, 7) is 7.24. The molecule has 0 aliphatic carbocycles. The van der Waals surface area contributed by atoms with Crippen molar-refractivity contribution in [3.05, 3.63) is 83.6 Å². The van der Waals surface area contributed by atoms with Crippen molar-refractivity contribution in [2.75, 3.05) is 31.5 Å². The zero-order chi connectivity index (χ0) is 20.9. The van der Waals surface area contributed by atoms with E-state index in [0.29, 0.717) is 5.88 Å². The highest BCUT2D eigenvalue weighted by Gasteiger charge is 2.30. The third kappa shape index (κ3) is 4.61. The summed E-state index contributed by atoms with van der Waals surface area (Å²) in [7, 11) is 0. The standard InChI is InChI=1S/C24H28N4O2/c1-18-17-22(30-26-18)25-24(29)19(2)27-13-15-28(16-14-27)23(20-9-5-3-6-10-20)21-11-7-4-8-12-21/h3-12,17,19,23H,13-16H2,1-2H3,(H,25,29). The third-order valence-electron chi connectivity index (χ3n) is 5.75. The van der Waals surface area contributed by atoms with Crippen molar-refractivity contribution in [1.82, 2.24) is 15.0 Å². The van der Waals surface area contributed by atoms with Crippen LogP contribution in [0.15, 0.2) is 71.3 Å². The van der Waals surface area contributed by atoms with Gasteiger partial charge in [0.25, 0.3) is 0 Å². The fraction of sp³-hybridized carbons (Fsp3) is 0.333. The number of rotatable bonds is 6. The van der Waals surface area contributed by atoms with E-state index in [1.165, 1.54) is 11.1 Å². The molecule has 1 fully saturated rings. The topological polar surface area (TPSA) is 61.6 Å². The summed E-state index contributed by atoms with van der Waals surface area (Å²) in [5, 5.41) is 6.64. The van der Waals surface area contributed by atoms with Crippen molar-refractivity contribution in [2.45, 2.75) is 25.9 Å². The van der Waals surface area contributed by atoms with Gasteiger partial charge in [0.2, 0.25) is 11.8 Å². The van der Waals surface area contributed by atoms with Gasteiger partial charge in [-0.2, -0.15) is 0 Å². The van der Waals surface area contributed by atoms with Crippen LogP contribution in [0, 0.1) is 6.92 Å².